The summed E-state index contributed by atoms with van der Waals surface area (Å²) >= 11 is -0.977. The number of carbonyl (C=O) groups is 1. The van der Waals surface area contributed by atoms with E-state index in [9.17, 15) is 9.35 Å². The summed E-state index contributed by atoms with van der Waals surface area (Å²) in [7, 11) is 0. The van der Waals surface area contributed by atoms with Crippen molar-refractivity contribution in [3.05, 3.63) is 30.3 Å². The van der Waals surface area contributed by atoms with E-state index in [2.05, 4.69) is 24.1 Å². The van der Waals surface area contributed by atoms with Crippen LogP contribution >= 0.6 is 0 Å². The Kier molecular flexibility index (Phi) is 7.88. The number of hydrogen-bond donors (Lipinski definition) is 1. The Balaban J connectivity index is 1.73. The molecular formula is C18H29N3O2S. The van der Waals surface area contributed by atoms with Crippen molar-refractivity contribution >= 4 is 17.2 Å². The van der Waals surface area contributed by atoms with E-state index in [1.54, 1.807) is 0 Å². The Morgan fingerprint density at radius 2 is 1.88 bits per heavy atom. The fourth-order valence-electron chi connectivity index (χ4n) is 2.99. The van der Waals surface area contributed by atoms with Crippen LogP contribution < -0.4 is 5.32 Å². The molecule has 0 radical (unpaired) electrons. The van der Waals surface area contributed by atoms with Gasteiger partial charge in [0.05, 0.1) is 0 Å². The number of likely N-dealkylation sites (N-methyl/N-ethyl adjacent to an activating group) is 1. The maximum Gasteiger partial charge on any atom is 0.317 e. The molecule has 0 aromatic heterocycles. The molecule has 1 heterocycles. The van der Waals surface area contributed by atoms with Crippen molar-refractivity contribution in [1.29, 1.82) is 0 Å². The van der Waals surface area contributed by atoms with Gasteiger partial charge in [-0.05, 0) is 36.4 Å². The topological polar surface area (TPSA) is 58.6 Å². The average Bonchev–Trinajstić information content (AvgIpc) is 2.65. The van der Waals surface area contributed by atoms with Gasteiger partial charge in [-0.15, -0.1) is 0 Å². The van der Waals surface area contributed by atoms with Crippen LogP contribution in [0.3, 0.4) is 0 Å². The minimum atomic E-state index is -0.977. The Morgan fingerprint density at radius 3 is 2.46 bits per heavy atom. The first kappa shape index (κ1) is 19.1. The van der Waals surface area contributed by atoms with E-state index in [4.69, 9.17) is 0 Å². The smallest absolute Gasteiger partial charge is 0.317 e. The SMILES string of the molecule is CCN(CC)CCNC(=O)N1CCC([S+]([O-])c2ccccc2)CC1. The van der Waals surface area contributed by atoms with Gasteiger partial charge in [-0.3, -0.25) is 0 Å². The van der Waals surface area contributed by atoms with E-state index in [0.29, 0.717) is 19.6 Å². The van der Waals surface area contributed by atoms with Crippen LogP contribution in [0.2, 0.25) is 0 Å². The summed E-state index contributed by atoms with van der Waals surface area (Å²) in [5.74, 6) is 0. The van der Waals surface area contributed by atoms with Crippen LogP contribution in [0.5, 0.6) is 0 Å². The van der Waals surface area contributed by atoms with Crippen LogP contribution in [0.4, 0.5) is 4.79 Å². The Morgan fingerprint density at radius 1 is 1.25 bits per heavy atom. The molecule has 2 amide bonds. The molecule has 24 heavy (non-hydrogen) atoms. The van der Waals surface area contributed by atoms with Gasteiger partial charge in [0.1, 0.15) is 5.25 Å². The van der Waals surface area contributed by atoms with Crippen LogP contribution in [0.25, 0.3) is 0 Å². The lowest BCUT2D eigenvalue weighted by atomic mass is 10.1. The summed E-state index contributed by atoms with van der Waals surface area (Å²) in [6, 6.07) is 9.62. The van der Waals surface area contributed by atoms with Crippen LogP contribution in [0.1, 0.15) is 26.7 Å². The molecule has 0 saturated carbocycles. The van der Waals surface area contributed by atoms with Gasteiger partial charge in [-0.2, -0.15) is 0 Å². The van der Waals surface area contributed by atoms with Gasteiger partial charge in [0, 0.05) is 39.0 Å². The fraction of sp³-hybridized carbons (Fsp3) is 0.611. The monoisotopic (exact) mass is 351 g/mol. The summed E-state index contributed by atoms with van der Waals surface area (Å²) < 4.78 is 12.6. The van der Waals surface area contributed by atoms with Crippen LogP contribution in [0.15, 0.2) is 35.2 Å². The number of amides is 2. The molecule has 0 bridgehead atoms. The Labute approximate surface area is 148 Å². The van der Waals surface area contributed by atoms with Gasteiger partial charge in [0.15, 0.2) is 4.90 Å². The van der Waals surface area contributed by atoms with Crippen LogP contribution in [-0.2, 0) is 11.2 Å². The predicted molar refractivity (Wildman–Crippen MR) is 98.6 cm³/mol. The highest BCUT2D eigenvalue weighted by Gasteiger charge is 2.31. The zero-order valence-corrected chi connectivity index (χ0v) is 15.6. The van der Waals surface area contributed by atoms with Gasteiger partial charge < -0.3 is 19.7 Å². The van der Waals surface area contributed by atoms with E-state index in [1.807, 2.05) is 35.2 Å². The van der Waals surface area contributed by atoms with Crippen molar-refractivity contribution in [2.75, 3.05) is 39.3 Å². The van der Waals surface area contributed by atoms with E-state index >= 15 is 0 Å². The number of nitrogens with zero attached hydrogens (tertiary/aromatic N) is 2. The van der Waals surface area contributed by atoms with Crippen molar-refractivity contribution in [3.8, 4) is 0 Å². The molecule has 1 atom stereocenters. The van der Waals surface area contributed by atoms with Crippen LogP contribution in [-0.4, -0.2) is 64.9 Å². The highest BCUT2D eigenvalue weighted by atomic mass is 32.2. The fourth-order valence-corrected chi connectivity index (χ4v) is 4.44. The molecule has 5 nitrogen and oxygen atoms in total. The molecule has 1 N–H and O–H groups in total. The molecule has 1 aromatic carbocycles. The maximum atomic E-state index is 12.6. The first-order valence-electron chi connectivity index (χ1n) is 8.86. The van der Waals surface area contributed by atoms with Gasteiger partial charge in [0.2, 0.25) is 0 Å². The van der Waals surface area contributed by atoms with Gasteiger partial charge in [-0.25, -0.2) is 4.79 Å². The van der Waals surface area contributed by atoms with E-state index in [1.165, 1.54) is 0 Å². The number of nitrogens with one attached hydrogen (secondary N) is 1. The second-order valence-electron chi connectivity index (χ2n) is 6.06. The average molecular weight is 352 g/mol. The molecule has 0 aliphatic carbocycles. The van der Waals surface area contributed by atoms with Gasteiger partial charge >= 0.3 is 6.03 Å². The number of likely N-dealkylation sites (tertiary alicyclic amines) is 1. The number of carbonyl (C=O) groups excluding carboxylic acids is 1. The summed E-state index contributed by atoms with van der Waals surface area (Å²) in [6.45, 7) is 9.18. The minimum absolute atomic E-state index is 0.00565. The van der Waals surface area contributed by atoms with Gasteiger partial charge in [0.25, 0.3) is 0 Å². The third kappa shape index (κ3) is 5.40. The lowest BCUT2D eigenvalue weighted by Gasteiger charge is -2.32. The molecule has 2 rings (SSSR count). The third-order valence-corrected chi connectivity index (χ3v) is 6.42. The number of hydrogen-bond acceptors (Lipinski definition) is 3. The molecule has 1 aliphatic heterocycles. The van der Waals surface area contributed by atoms with Crippen molar-refractivity contribution in [1.82, 2.24) is 15.1 Å². The molecule has 0 spiro atoms. The molecule has 6 heteroatoms. The van der Waals surface area contributed by atoms with Crippen LogP contribution in [0, 0.1) is 0 Å². The summed E-state index contributed by atoms with van der Waals surface area (Å²) in [5.41, 5.74) is 0. The maximum absolute atomic E-state index is 12.6. The Bertz CT molecular complexity index is 488. The molecule has 1 fully saturated rings. The number of piperidine rings is 1. The number of urea groups is 1. The van der Waals surface area contributed by atoms with Crippen molar-refractivity contribution < 1.29 is 9.35 Å². The molecule has 1 aliphatic rings. The normalized spacial score (nSPS) is 17.1. The summed E-state index contributed by atoms with van der Waals surface area (Å²) in [5, 5.41) is 3.14. The molecule has 1 saturated heterocycles. The lowest BCUT2D eigenvalue weighted by Crippen LogP contribution is -2.48. The van der Waals surface area contributed by atoms with Crippen molar-refractivity contribution in [2.45, 2.75) is 36.8 Å². The first-order valence-corrected chi connectivity index (χ1v) is 10.1. The predicted octanol–water partition coefficient (Wildman–Crippen LogP) is 2.31. The molecular weight excluding hydrogens is 322 g/mol. The third-order valence-electron chi connectivity index (χ3n) is 4.61. The first-order chi connectivity index (χ1) is 11.7. The molecule has 1 aromatic rings. The second kappa shape index (κ2) is 9.91. The number of benzene rings is 1. The minimum Gasteiger partial charge on any atom is -0.611 e. The van der Waals surface area contributed by atoms with E-state index < -0.39 is 11.2 Å². The molecule has 1 unspecified atom stereocenters. The summed E-state index contributed by atoms with van der Waals surface area (Å²) in [6.07, 6.45) is 1.59. The quantitative estimate of drug-likeness (QED) is 0.767. The largest absolute Gasteiger partial charge is 0.611 e. The zero-order chi connectivity index (χ0) is 17.4. The summed E-state index contributed by atoms with van der Waals surface area (Å²) in [4.78, 5) is 17.2. The number of rotatable bonds is 7. The highest BCUT2D eigenvalue weighted by Crippen LogP contribution is 2.24. The van der Waals surface area contributed by atoms with Crippen molar-refractivity contribution in [2.24, 2.45) is 0 Å². The zero-order valence-electron chi connectivity index (χ0n) is 14.7. The Hall–Kier alpha value is -1.24. The standard InChI is InChI=1S/C18H29N3O2S/c1-3-20(4-2)15-12-19-18(22)21-13-10-17(11-14-21)24(23)16-8-6-5-7-9-16/h5-9,17H,3-4,10-15H2,1-2H3,(H,19,22). The van der Waals surface area contributed by atoms with E-state index in [-0.39, 0.29) is 11.3 Å². The van der Waals surface area contributed by atoms with E-state index in [0.717, 1.165) is 37.4 Å². The van der Waals surface area contributed by atoms with Gasteiger partial charge in [-0.1, -0.05) is 32.0 Å². The second-order valence-corrected chi connectivity index (χ2v) is 7.79. The van der Waals surface area contributed by atoms with Crippen molar-refractivity contribution in [3.63, 3.8) is 0 Å². The lowest BCUT2D eigenvalue weighted by molar-refractivity contribution is 0.184. The highest BCUT2D eigenvalue weighted by molar-refractivity contribution is 7.92. The molecule has 134 valence electrons.